The lowest BCUT2D eigenvalue weighted by atomic mass is 9.79. The van der Waals surface area contributed by atoms with Gasteiger partial charge in [0.1, 0.15) is 0 Å². The molecule has 0 bridgehead atoms. The van der Waals surface area contributed by atoms with Crippen molar-refractivity contribution in [1.29, 1.82) is 0 Å². The van der Waals surface area contributed by atoms with Crippen molar-refractivity contribution in [3.63, 3.8) is 0 Å². The molecule has 3 heterocycles. The number of carbonyl (C=O) groups excluding carboxylic acids is 2. The van der Waals surface area contributed by atoms with Crippen molar-refractivity contribution in [2.24, 2.45) is 0 Å². The van der Waals surface area contributed by atoms with Crippen LogP contribution in [-0.2, 0) is 9.53 Å². The number of rotatable bonds is 5. The predicted octanol–water partition coefficient (Wildman–Crippen LogP) is 4.74. The lowest BCUT2D eigenvalue weighted by molar-refractivity contribution is -0.145. The SMILES string of the molecule is CCOC(=O)CC1(NC(=O)N2CCN(c3nc4cc(Br)ccc4n4cccc34)CC2)CCCCC1. The first-order valence-electron chi connectivity index (χ1n) is 12.5. The van der Waals surface area contributed by atoms with Crippen LogP contribution in [0.1, 0.15) is 45.4 Å². The summed E-state index contributed by atoms with van der Waals surface area (Å²) in [5.41, 5.74) is 2.56. The Hall–Kier alpha value is -2.81. The van der Waals surface area contributed by atoms with E-state index in [1.807, 2.05) is 30.0 Å². The summed E-state index contributed by atoms with van der Waals surface area (Å²) in [5.74, 6) is 0.705. The van der Waals surface area contributed by atoms with Gasteiger partial charge in [0.05, 0.1) is 35.1 Å². The van der Waals surface area contributed by atoms with Gasteiger partial charge in [-0.3, -0.25) is 4.79 Å². The molecule has 2 aromatic heterocycles. The third kappa shape index (κ3) is 4.96. The first kappa shape index (κ1) is 23.9. The average molecular weight is 542 g/mol. The zero-order valence-electron chi connectivity index (χ0n) is 20.1. The summed E-state index contributed by atoms with van der Waals surface area (Å²) in [7, 11) is 0. The Balaban J connectivity index is 1.29. The second-order valence-corrected chi connectivity index (χ2v) is 10.5. The summed E-state index contributed by atoms with van der Waals surface area (Å²) in [6.07, 6.45) is 7.13. The lowest BCUT2D eigenvalue weighted by Crippen LogP contribution is -2.58. The smallest absolute Gasteiger partial charge is 0.317 e. The molecule has 0 atom stereocenters. The van der Waals surface area contributed by atoms with Crippen molar-refractivity contribution in [2.75, 3.05) is 37.7 Å². The highest BCUT2D eigenvalue weighted by Crippen LogP contribution is 2.32. The van der Waals surface area contributed by atoms with Crippen LogP contribution in [0, 0.1) is 0 Å². The van der Waals surface area contributed by atoms with Crippen molar-refractivity contribution in [3.8, 4) is 0 Å². The highest BCUT2D eigenvalue weighted by molar-refractivity contribution is 9.10. The molecular formula is C26H32BrN5O3. The number of nitrogens with one attached hydrogen (secondary N) is 1. The zero-order valence-corrected chi connectivity index (χ0v) is 21.7. The van der Waals surface area contributed by atoms with Crippen molar-refractivity contribution in [1.82, 2.24) is 19.6 Å². The van der Waals surface area contributed by atoms with Crippen LogP contribution in [0.25, 0.3) is 16.6 Å². The van der Waals surface area contributed by atoms with Crippen LogP contribution >= 0.6 is 15.9 Å². The summed E-state index contributed by atoms with van der Waals surface area (Å²) in [6, 6.07) is 10.2. The molecule has 1 aliphatic carbocycles. The van der Waals surface area contributed by atoms with Crippen LogP contribution in [0.5, 0.6) is 0 Å². The van der Waals surface area contributed by atoms with Gasteiger partial charge in [-0.05, 0) is 50.1 Å². The monoisotopic (exact) mass is 541 g/mol. The van der Waals surface area contributed by atoms with E-state index in [4.69, 9.17) is 9.72 Å². The van der Waals surface area contributed by atoms with Crippen LogP contribution in [-0.4, -0.2) is 64.6 Å². The summed E-state index contributed by atoms with van der Waals surface area (Å²) in [5, 5.41) is 3.24. The highest BCUT2D eigenvalue weighted by Gasteiger charge is 2.38. The topological polar surface area (TPSA) is 79.2 Å². The molecule has 1 aliphatic heterocycles. The number of benzene rings is 1. The maximum absolute atomic E-state index is 13.3. The maximum Gasteiger partial charge on any atom is 0.317 e. The van der Waals surface area contributed by atoms with Gasteiger partial charge in [-0.1, -0.05) is 35.2 Å². The fourth-order valence-corrected chi connectivity index (χ4v) is 5.81. The van der Waals surface area contributed by atoms with Crippen LogP contribution in [0.3, 0.4) is 0 Å². The third-order valence-corrected chi connectivity index (χ3v) is 7.73. The number of esters is 1. The van der Waals surface area contributed by atoms with E-state index in [9.17, 15) is 9.59 Å². The minimum atomic E-state index is -0.496. The number of hydrogen-bond acceptors (Lipinski definition) is 5. The van der Waals surface area contributed by atoms with Gasteiger partial charge < -0.3 is 24.3 Å². The number of urea groups is 1. The van der Waals surface area contributed by atoms with Gasteiger partial charge in [-0.15, -0.1) is 0 Å². The Morgan fingerprint density at radius 3 is 2.60 bits per heavy atom. The number of ether oxygens (including phenoxy) is 1. The Morgan fingerprint density at radius 1 is 1.09 bits per heavy atom. The number of halogens is 1. The summed E-state index contributed by atoms with van der Waals surface area (Å²) >= 11 is 3.56. The number of anilines is 1. The molecule has 5 rings (SSSR count). The molecule has 2 aliphatic rings. The largest absolute Gasteiger partial charge is 0.466 e. The summed E-state index contributed by atoms with van der Waals surface area (Å²) < 4.78 is 8.37. The number of piperazine rings is 1. The van der Waals surface area contributed by atoms with Crippen LogP contribution in [0.2, 0.25) is 0 Å². The number of carbonyl (C=O) groups is 2. The number of amides is 2. The van der Waals surface area contributed by atoms with Gasteiger partial charge in [0, 0.05) is 36.8 Å². The first-order chi connectivity index (χ1) is 17.0. The molecule has 0 unspecified atom stereocenters. The van der Waals surface area contributed by atoms with Gasteiger partial charge in [0.2, 0.25) is 0 Å². The molecule has 1 aromatic carbocycles. The molecule has 1 saturated heterocycles. The first-order valence-corrected chi connectivity index (χ1v) is 13.3. The minimum absolute atomic E-state index is 0.0842. The predicted molar refractivity (Wildman–Crippen MR) is 140 cm³/mol. The molecule has 0 spiro atoms. The second-order valence-electron chi connectivity index (χ2n) is 9.56. The van der Waals surface area contributed by atoms with Gasteiger partial charge in [-0.25, -0.2) is 9.78 Å². The number of fused-ring (bicyclic) bond motifs is 3. The molecule has 2 amide bonds. The molecule has 3 aromatic rings. The van der Waals surface area contributed by atoms with Crippen molar-refractivity contribution in [3.05, 3.63) is 41.0 Å². The van der Waals surface area contributed by atoms with E-state index in [-0.39, 0.29) is 18.4 Å². The average Bonchev–Trinajstić information content (AvgIpc) is 3.34. The Bertz CT molecular complexity index is 1230. The van der Waals surface area contributed by atoms with Crippen LogP contribution in [0.4, 0.5) is 10.6 Å². The minimum Gasteiger partial charge on any atom is -0.466 e. The Morgan fingerprint density at radius 2 is 1.86 bits per heavy atom. The normalized spacial score (nSPS) is 18.1. The third-order valence-electron chi connectivity index (χ3n) is 7.24. The van der Waals surface area contributed by atoms with E-state index in [1.54, 1.807) is 0 Å². The van der Waals surface area contributed by atoms with Gasteiger partial charge in [0.15, 0.2) is 5.82 Å². The molecule has 9 heteroatoms. The zero-order chi connectivity index (χ0) is 24.4. The van der Waals surface area contributed by atoms with E-state index in [2.05, 4.69) is 48.9 Å². The molecule has 1 saturated carbocycles. The summed E-state index contributed by atoms with van der Waals surface area (Å²) in [6.45, 7) is 4.78. The lowest BCUT2D eigenvalue weighted by Gasteiger charge is -2.41. The Kier molecular flexibility index (Phi) is 6.86. The van der Waals surface area contributed by atoms with E-state index in [1.165, 1.54) is 0 Å². The molecule has 8 nitrogen and oxygen atoms in total. The molecule has 186 valence electrons. The fourth-order valence-electron chi connectivity index (χ4n) is 5.46. The van der Waals surface area contributed by atoms with Crippen LogP contribution < -0.4 is 10.2 Å². The fraction of sp³-hybridized carbons (Fsp3) is 0.500. The van der Waals surface area contributed by atoms with Gasteiger partial charge in [0.25, 0.3) is 0 Å². The van der Waals surface area contributed by atoms with Crippen LogP contribution in [0.15, 0.2) is 41.0 Å². The number of nitrogens with zero attached hydrogens (tertiary/aromatic N) is 4. The second kappa shape index (κ2) is 10.0. The van der Waals surface area contributed by atoms with Gasteiger partial charge in [-0.2, -0.15) is 0 Å². The van der Waals surface area contributed by atoms with E-state index in [0.29, 0.717) is 32.8 Å². The quantitative estimate of drug-likeness (QED) is 0.472. The highest BCUT2D eigenvalue weighted by atomic mass is 79.9. The van der Waals surface area contributed by atoms with E-state index in [0.717, 1.165) is 58.9 Å². The summed E-state index contributed by atoms with van der Waals surface area (Å²) in [4.78, 5) is 34.6. The number of hydrogen-bond donors (Lipinski definition) is 1. The van der Waals surface area contributed by atoms with Crippen molar-refractivity contribution in [2.45, 2.75) is 51.0 Å². The number of aromatic nitrogens is 2. The van der Waals surface area contributed by atoms with E-state index >= 15 is 0 Å². The molecule has 0 radical (unpaired) electrons. The maximum atomic E-state index is 13.3. The molecule has 2 fully saturated rings. The molecular weight excluding hydrogens is 510 g/mol. The van der Waals surface area contributed by atoms with Crippen molar-refractivity contribution < 1.29 is 14.3 Å². The standard InChI is InChI=1S/C26H32BrN5O3/c1-2-35-23(33)18-26(10-4-3-5-11-26)29-25(34)31-15-13-30(14-16-31)24-22-7-6-12-32(22)21-9-8-19(27)17-20(21)28-24/h6-9,12,17H,2-5,10-11,13-16,18H2,1H3,(H,29,34). The van der Waals surface area contributed by atoms with Gasteiger partial charge >= 0.3 is 12.0 Å². The van der Waals surface area contributed by atoms with E-state index < -0.39 is 5.54 Å². The Labute approximate surface area is 213 Å². The molecule has 35 heavy (non-hydrogen) atoms. The van der Waals surface area contributed by atoms with Crippen molar-refractivity contribution >= 4 is 50.3 Å². The molecule has 1 N–H and O–H groups in total.